The van der Waals surface area contributed by atoms with Crippen LogP contribution in [-0.2, 0) is 0 Å². The third kappa shape index (κ3) is 3.54. The van der Waals surface area contributed by atoms with E-state index in [9.17, 15) is 4.79 Å². The van der Waals surface area contributed by atoms with Gasteiger partial charge >= 0.3 is 0 Å². The fraction of sp³-hybridized carbons (Fsp3) is 0.533. The van der Waals surface area contributed by atoms with Gasteiger partial charge < -0.3 is 5.32 Å². The van der Waals surface area contributed by atoms with Gasteiger partial charge in [-0.3, -0.25) is 4.79 Å². The second-order valence-electron chi connectivity index (χ2n) is 5.13. The van der Waals surface area contributed by atoms with E-state index < -0.39 is 0 Å². The predicted octanol–water partition coefficient (Wildman–Crippen LogP) is 4.24. The van der Waals surface area contributed by atoms with Gasteiger partial charge in [-0.2, -0.15) is 0 Å². The van der Waals surface area contributed by atoms with E-state index in [-0.39, 0.29) is 11.4 Å². The minimum atomic E-state index is -0.0547. The number of benzene rings is 1. The number of nitrogens with one attached hydrogen (secondary N) is 1. The molecule has 1 amide bonds. The predicted molar refractivity (Wildman–Crippen MR) is 85.3 cm³/mol. The zero-order chi connectivity index (χ0) is 13.7. The Bertz CT molecular complexity index is 444. The summed E-state index contributed by atoms with van der Waals surface area (Å²) in [6.45, 7) is 0. The molecule has 0 aliphatic heterocycles. The molecule has 0 radical (unpaired) electrons. The largest absolute Gasteiger partial charge is 0.346 e. The highest BCUT2D eigenvalue weighted by Gasteiger charge is 2.33. The second-order valence-corrected chi connectivity index (χ2v) is 6.54. The summed E-state index contributed by atoms with van der Waals surface area (Å²) in [5.41, 5.74) is 0.738. The molecule has 1 aromatic rings. The van der Waals surface area contributed by atoms with Crippen molar-refractivity contribution < 1.29 is 4.79 Å². The fourth-order valence-electron chi connectivity index (χ4n) is 2.66. The molecule has 0 unspecified atom stereocenters. The van der Waals surface area contributed by atoms with Crippen molar-refractivity contribution in [2.24, 2.45) is 0 Å². The average Bonchev–Trinajstić information content (AvgIpc) is 2.48. The van der Waals surface area contributed by atoms with Crippen molar-refractivity contribution in [3.63, 3.8) is 0 Å². The number of hydrogen-bond donors (Lipinski definition) is 1. The third-order valence-electron chi connectivity index (χ3n) is 3.80. The number of rotatable bonds is 4. The summed E-state index contributed by atoms with van der Waals surface area (Å²) in [5.74, 6) is 0.0614. The van der Waals surface area contributed by atoms with Crippen LogP contribution in [0.2, 0.25) is 0 Å². The summed E-state index contributed by atoms with van der Waals surface area (Å²) < 4.78 is 0. The maximum absolute atomic E-state index is 12.5. The molecule has 1 aliphatic rings. The molecular formula is C15H20BrNOS. The number of alkyl halides is 1. The monoisotopic (exact) mass is 341 g/mol. The van der Waals surface area contributed by atoms with E-state index in [1.54, 1.807) is 11.8 Å². The Labute approximate surface area is 127 Å². The van der Waals surface area contributed by atoms with Gasteiger partial charge in [0.05, 0.1) is 11.1 Å². The minimum absolute atomic E-state index is 0.0547. The van der Waals surface area contributed by atoms with Crippen molar-refractivity contribution in [1.82, 2.24) is 5.32 Å². The van der Waals surface area contributed by atoms with Gasteiger partial charge in [0.2, 0.25) is 0 Å². The lowest BCUT2D eigenvalue weighted by molar-refractivity contribution is 0.0883. The maximum Gasteiger partial charge on any atom is 0.252 e. The molecule has 1 saturated carbocycles. The third-order valence-corrected chi connectivity index (χ3v) is 5.67. The van der Waals surface area contributed by atoms with E-state index >= 15 is 0 Å². The van der Waals surface area contributed by atoms with Crippen LogP contribution in [0.15, 0.2) is 29.2 Å². The zero-order valence-corrected chi connectivity index (χ0v) is 13.6. The van der Waals surface area contributed by atoms with Gasteiger partial charge in [-0.1, -0.05) is 47.3 Å². The highest BCUT2D eigenvalue weighted by molar-refractivity contribution is 9.09. The zero-order valence-electron chi connectivity index (χ0n) is 11.2. The Morgan fingerprint density at radius 1 is 1.32 bits per heavy atom. The molecule has 1 aliphatic carbocycles. The molecule has 2 rings (SSSR count). The molecule has 0 saturated heterocycles. The van der Waals surface area contributed by atoms with Gasteiger partial charge in [0.15, 0.2) is 0 Å². The van der Waals surface area contributed by atoms with Crippen LogP contribution in [0.25, 0.3) is 0 Å². The van der Waals surface area contributed by atoms with Gasteiger partial charge in [0.1, 0.15) is 0 Å². The Morgan fingerprint density at radius 2 is 2.00 bits per heavy atom. The number of hydrogen-bond acceptors (Lipinski definition) is 2. The van der Waals surface area contributed by atoms with Crippen LogP contribution in [0.3, 0.4) is 0 Å². The molecule has 0 atom stereocenters. The SMILES string of the molecule is CSc1ccccc1C(=O)NC1(CBr)CCCCC1. The van der Waals surface area contributed by atoms with Crippen molar-refractivity contribution in [2.75, 3.05) is 11.6 Å². The Morgan fingerprint density at radius 3 is 2.63 bits per heavy atom. The summed E-state index contributed by atoms with van der Waals surface area (Å²) in [4.78, 5) is 13.6. The molecule has 1 fully saturated rings. The van der Waals surface area contributed by atoms with E-state index in [0.29, 0.717) is 0 Å². The fourth-order valence-corrected chi connectivity index (χ4v) is 3.96. The normalized spacial score (nSPS) is 18.0. The van der Waals surface area contributed by atoms with Crippen LogP contribution in [0.5, 0.6) is 0 Å². The smallest absolute Gasteiger partial charge is 0.252 e. The van der Waals surface area contributed by atoms with E-state index in [1.807, 2.05) is 30.5 Å². The first-order valence-electron chi connectivity index (χ1n) is 6.72. The lowest BCUT2D eigenvalue weighted by Crippen LogP contribution is -2.51. The van der Waals surface area contributed by atoms with E-state index in [1.165, 1.54) is 19.3 Å². The maximum atomic E-state index is 12.5. The van der Waals surface area contributed by atoms with Crippen LogP contribution in [0, 0.1) is 0 Å². The lowest BCUT2D eigenvalue weighted by atomic mass is 9.83. The number of carbonyl (C=O) groups excluding carboxylic acids is 1. The highest BCUT2D eigenvalue weighted by Crippen LogP contribution is 2.30. The lowest BCUT2D eigenvalue weighted by Gasteiger charge is -2.36. The molecule has 0 spiro atoms. The molecule has 2 nitrogen and oxygen atoms in total. The number of thioether (sulfide) groups is 1. The topological polar surface area (TPSA) is 29.1 Å². The average molecular weight is 342 g/mol. The van der Waals surface area contributed by atoms with Gasteiger partial charge in [-0.05, 0) is 31.2 Å². The summed E-state index contributed by atoms with van der Waals surface area (Å²) >= 11 is 5.20. The summed E-state index contributed by atoms with van der Waals surface area (Å²) in [6.07, 6.45) is 7.85. The molecular weight excluding hydrogens is 322 g/mol. The minimum Gasteiger partial charge on any atom is -0.346 e. The van der Waals surface area contributed by atoms with Crippen LogP contribution in [-0.4, -0.2) is 23.0 Å². The van der Waals surface area contributed by atoms with Crippen LogP contribution < -0.4 is 5.32 Å². The number of carbonyl (C=O) groups is 1. The molecule has 19 heavy (non-hydrogen) atoms. The Kier molecular flexibility index (Phi) is 5.34. The first-order chi connectivity index (χ1) is 9.21. The van der Waals surface area contributed by atoms with Crippen LogP contribution in [0.4, 0.5) is 0 Å². The van der Waals surface area contributed by atoms with Crippen molar-refractivity contribution in [3.8, 4) is 0 Å². The van der Waals surface area contributed by atoms with Gasteiger partial charge in [0.25, 0.3) is 5.91 Å². The van der Waals surface area contributed by atoms with E-state index in [2.05, 4.69) is 21.2 Å². The number of halogens is 1. The molecule has 0 bridgehead atoms. The summed E-state index contributed by atoms with van der Waals surface area (Å²) in [5, 5.41) is 4.11. The second kappa shape index (κ2) is 6.80. The van der Waals surface area contributed by atoms with Crippen molar-refractivity contribution >= 4 is 33.6 Å². The first kappa shape index (κ1) is 14.9. The van der Waals surface area contributed by atoms with Crippen molar-refractivity contribution in [3.05, 3.63) is 29.8 Å². The molecule has 0 aromatic heterocycles. The summed E-state index contributed by atoms with van der Waals surface area (Å²) in [6, 6.07) is 7.81. The molecule has 1 N–H and O–H groups in total. The van der Waals surface area contributed by atoms with Crippen molar-refractivity contribution in [1.29, 1.82) is 0 Å². The Balaban J connectivity index is 2.15. The van der Waals surface area contributed by atoms with Gasteiger partial charge in [-0.25, -0.2) is 0 Å². The van der Waals surface area contributed by atoms with Gasteiger partial charge in [0, 0.05) is 10.2 Å². The van der Waals surface area contributed by atoms with E-state index in [4.69, 9.17) is 0 Å². The number of amides is 1. The molecule has 4 heteroatoms. The van der Waals surface area contributed by atoms with E-state index in [0.717, 1.165) is 28.6 Å². The first-order valence-corrected chi connectivity index (χ1v) is 9.07. The van der Waals surface area contributed by atoms with Crippen LogP contribution in [0.1, 0.15) is 42.5 Å². The Hall–Kier alpha value is -0.480. The standard InChI is InChI=1S/C15H20BrNOS/c1-19-13-8-4-3-7-12(13)14(18)17-15(11-16)9-5-2-6-10-15/h3-4,7-8H,2,5-6,9-11H2,1H3,(H,17,18). The van der Waals surface area contributed by atoms with Crippen molar-refractivity contribution in [2.45, 2.75) is 42.5 Å². The summed E-state index contributed by atoms with van der Waals surface area (Å²) in [7, 11) is 0. The highest BCUT2D eigenvalue weighted by atomic mass is 79.9. The molecule has 1 aromatic carbocycles. The quantitative estimate of drug-likeness (QED) is 0.655. The van der Waals surface area contributed by atoms with Gasteiger partial charge in [-0.15, -0.1) is 11.8 Å². The molecule has 0 heterocycles. The van der Waals surface area contributed by atoms with Crippen LogP contribution >= 0.6 is 27.7 Å². The molecule has 104 valence electrons.